The molecule has 2 heteroatoms. The molecule has 3 aromatic rings. The van der Waals surface area contributed by atoms with E-state index < -0.39 is 0 Å². The van der Waals surface area contributed by atoms with Gasteiger partial charge in [-0.1, -0.05) is 75.1 Å². The van der Waals surface area contributed by atoms with Crippen LogP contribution in [0.15, 0.2) is 54.6 Å². The molecule has 0 bridgehead atoms. The molecule has 0 aliphatic heterocycles. The first kappa shape index (κ1) is 22.0. The molecule has 4 rings (SSSR count). The van der Waals surface area contributed by atoms with Gasteiger partial charge < -0.3 is 0 Å². The van der Waals surface area contributed by atoms with Gasteiger partial charge in [0.1, 0.15) is 11.6 Å². The summed E-state index contributed by atoms with van der Waals surface area (Å²) in [6, 6.07) is 16.8. The molecule has 164 valence electrons. The lowest BCUT2D eigenvalue weighted by molar-refractivity contribution is 0.303. The van der Waals surface area contributed by atoms with Gasteiger partial charge in [0, 0.05) is 5.39 Å². The number of aryl methyl sites for hydroxylation is 2. The summed E-state index contributed by atoms with van der Waals surface area (Å²) >= 11 is 0. The average Bonchev–Trinajstić information content (AvgIpc) is 2.80. The Labute approximate surface area is 185 Å². The van der Waals surface area contributed by atoms with Crippen molar-refractivity contribution >= 4 is 10.8 Å². The van der Waals surface area contributed by atoms with Crippen LogP contribution in [-0.2, 0) is 12.8 Å². The highest BCUT2D eigenvalue weighted by molar-refractivity contribution is 5.84. The molecule has 0 N–H and O–H groups in total. The molecule has 1 aliphatic rings. The van der Waals surface area contributed by atoms with Crippen LogP contribution < -0.4 is 0 Å². The molecular weight excluding hydrogens is 386 g/mol. The van der Waals surface area contributed by atoms with E-state index in [1.807, 2.05) is 12.1 Å². The zero-order valence-corrected chi connectivity index (χ0v) is 18.7. The minimum absolute atomic E-state index is 0.106. The minimum atomic E-state index is -0.235. The van der Waals surface area contributed by atoms with E-state index in [-0.39, 0.29) is 11.6 Å². The molecule has 1 saturated carbocycles. The summed E-state index contributed by atoms with van der Waals surface area (Å²) in [6.07, 6.45) is 12.0. The van der Waals surface area contributed by atoms with Crippen molar-refractivity contribution in [1.29, 1.82) is 0 Å². The van der Waals surface area contributed by atoms with Crippen LogP contribution in [0.25, 0.3) is 10.8 Å². The van der Waals surface area contributed by atoms with E-state index in [9.17, 15) is 4.39 Å². The molecule has 0 aromatic heterocycles. The number of benzene rings is 3. The second kappa shape index (κ2) is 10.4. The van der Waals surface area contributed by atoms with Crippen molar-refractivity contribution in [2.45, 2.75) is 77.0 Å². The van der Waals surface area contributed by atoms with Crippen LogP contribution >= 0.6 is 0 Å². The molecule has 31 heavy (non-hydrogen) atoms. The maximum Gasteiger partial charge on any atom is 0.134 e. The van der Waals surface area contributed by atoms with Crippen LogP contribution in [0.3, 0.4) is 0 Å². The molecular formula is C29H34F2. The summed E-state index contributed by atoms with van der Waals surface area (Å²) in [6.45, 7) is 2.27. The molecule has 0 heterocycles. The van der Waals surface area contributed by atoms with Crippen molar-refractivity contribution in [3.05, 3.63) is 82.9 Å². The fourth-order valence-corrected chi connectivity index (χ4v) is 5.20. The lowest BCUT2D eigenvalue weighted by Gasteiger charge is -2.29. The highest BCUT2D eigenvalue weighted by Crippen LogP contribution is 2.39. The Morgan fingerprint density at radius 3 is 2.32 bits per heavy atom. The Bertz CT molecular complexity index is 982. The lowest BCUT2D eigenvalue weighted by Crippen LogP contribution is -2.13. The fourth-order valence-electron chi connectivity index (χ4n) is 5.20. The summed E-state index contributed by atoms with van der Waals surface area (Å²) < 4.78 is 28.2. The van der Waals surface area contributed by atoms with E-state index >= 15 is 4.39 Å². The maximum absolute atomic E-state index is 15.1. The third-order valence-corrected chi connectivity index (χ3v) is 7.19. The van der Waals surface area contributed by atoms with Gasteiger partial charge in [-0.3, -0.25) is 0 Å². The van der Waals surface area contributed by atoms with Gasteiger partial charge in [0.15, 0.2) is 0 Å². The molecule has 0 saturated heterocycles. The number of halogens is 2. The predicted molar refractivity (Wildman–Crippen MR) is 127 cm³/mol. The van der Waals surface area contributed by atoms with Crippen molar-refractivity contribution in [3.63, 3.8) is 0 Å². The summed E-state index contributed by atoms with van der Waals surface area (Å²) in [5.41, 5.74) is 3.14. The molecule has 0 nitrogen and oxygen atoms in total. The van der Waals surface area contributed by atoms with Crippen molar-refractivity contribution in [1.82, 2.24) is 0 Å². The van der Waals surface area contributed by atoms with Crippen molar-refractivity contribution in [2.24, 2.45) is 5.92 Å². The maximum atomic E-state index is 15.1. The Kier molecular flexibility index (Phi) is 7.37. The van der Waals surface area contributed by atoms with Crippen LogP contribution in [0.4, 0.5) is 8.78 Å². The van der Waals surface area contributed by atoms with Crippen molar-refractivity contribution in [3.8, 4) is 0 Å². The van der Waals surface area contributed by atoms with Gasteiger partial charge in [0.2, 0.25) is 0 Å². The summed E-state index contributed by atoms with van der Waals surface area (Å²) in [7, 11) is 0. The van der Waals surface area contributed by atoms with Gasteiger partial charge in [-0.25, -0.2) is 8.78 Å². The van der Waals surface area contributed by atoms with E-state index in [1.54, 1.807) is 12.1 Å². The first-order chi connectivity index (χ1) is 15.1. The second-order valence-corrected chi connectivity index (χ2v) is 9.36. The van der Waals surface area contributed by atoms with Crippen molar-refractivity contribution in [2.75, 3.05) is 0 Å². The quantitative estimate of drug-likeness (QED) is 0.319. The van der Waals surface area contributed by atoms with Gasteiger partial charge in [0.25, 0.3) is 0 Å². The van der Waals surface area contributed by atoms with Crippen LogP contribution in [0.1, 0.15) is 80.9 Å². The van der Waals surface area contributed by atoms with Crippen LogP contribution in [-0.4, -0.2) is 0 Å². The van der Waals surface area contributed by atoms with E-state index in [4.69, 9.17) is 0 Å². The Morgan fingerprint density at radius 1 is 0.806 bits per heavy atom. The summed E-state index contributed by atoms with van der Waals surface area (Å²) in [5.74, 6) is 1.18. The minimum Gasteiger partial charge on any atom is -0.207 e. The summed E-state index contributed by atoms with van der Waals surface area (Å²) in [4.78, 5) is 0. The topological polar surface area (TPSA) is 0 Å². The Balaban J connectivity index is 1.41. The zero-order valence-electron chi connectivity index (χ0n) is 18.7. The third kappa shape index (κ3) is 5.53. The average molecular weight is 421 g/mol. The third-order valence-electron chi connectivity index (χ3n) is 7.19. The highest BCUT2D eigenvalue weighted by atomic mass is 19.1. The smallest absolute Gasteiger partial charge is 0.134 e. The molecule has 1 fully saturated rings. The van der Waals surface area contributed by atoms with Gasteiger partial charge in [-0.15, -0.1) is 0 Å². The normalized spacial score (nSPS) is 19.1. The van der Waals surface area contributed by atoms with E-state index in [0.717, 1.165) is 22.4 Å². The Hall–Kier alpha value is -2.22. The number of unbranched alkanes of at least 4 members (excludes halogenated alkanes) is 2. The van der Waals surface area contributed by atoms with Crippen LogP contribution in [0, 0.1) is 17.6 Å². The van der Waals surface area contributed by atoms with Crippen molar-refractivity contribution < 1.29 is 8.78 Å². The SMILES string of the molecule is CCCCCC1CCC(c2ccc3c(F)c(CCc4ccc(F)cc4)ccc3c2)CC1. The number of fused-ring (bicyclic) bond motifs is 1. The molecule has 3 aromatic carbocycles. The van der Waals surface area contributed by atoms with Gasteiger partial charge in [-0.05, 0) is 84.6 Å². The van der Waals surface area contributed by atoms with E-state index in [0.29, 0.717) is 24.1 Å². The number of hydrogen-bond donors (Lipinski definition) is 0. The lowest BCUT2D eigenvalue weighted by atomic mass is 9.76. The van der Waals surface area contributed by atoms with Gasteiger partial charge in [0.05, 0.1) is 0 Å². The van der Waals surface area contributed by atoms with Crippen LogP contribution in [0.2, 0.25) is 0 Å². The highest BCUT2D eigenvalue weighted by Gasteiger charge is 2.22. The number of hydrogen-bond acceptors (Lipinski definition) is 0. The molecule has 0 spiro atoms. The first-order valence-electron chi connectivity index (χ1n) is 12.1. The van der Waals surface area contributed by atoms with Gasteiger partial charge in [-0.2, -0.15) is 0 Å². The number of rotatable bonds is 8. The second-order valence-electron chi connectivity index (χ2n) is 9.36. The fraction of sp³-hybridized carbons (Fsp3) is 0.448. The van der Waals surface area contributed by atoms with E-state index in [1.165, 1.54) is 69.1 Å². The Morgan fingerprint density at radius 2 is 1.58 bits per heavy atom. The molecule has 0 unspecified atom stereocenters. The standard InChI is InChI=1S/C29H34F2/c1-2-3-4-5-21-6-11-23(12-7-21)25-16-19-28-26(20-25)15-14-24(29(28)31)13-8-22-9-17-27(30)18-10-22/h9-10,14-21,23H,2-8,11-13H2,1H3. The molecule has 0 atom stereocenters. The molecule has 0 amide bonds. The molecule has 1 aliphatic carbocycles. The summed E-state index contributed by atoms with van der Waals surface area (Å²) in [5, 5.41) is 1.72. The zero-order chi connectivity index (χ0) is 21.6. The largest absolute Gasteiger partial charge is 0.207 e. The predicted octanol–water partition coefficient (Wildman–Crippen LogP) is 8.76. The first-order valence-corrected chi connectivity index (χ1v) is 12.1. The van der Waals surface area contributed by atoms with E-state index in [2.05, 4.69) is 25.1 Å². The monoisotopic (exact) mass is 420 g/mol. The molecule has 0 radical (unpaired) electrons. The van der Waals surface area contributed by atoms with Gasteiger partial charge >= 0.3 is 0 Å². The van der Waals surface area contributed by atoms with Crippen LogP contribution in [0.5, 0.6) is 0 Å².